The number of amides is 1. The zero-order valence-corrected chi connectivity index (χ0v) is 13.5. The molecule has 0 radical (unpaired) electrons. The Bertz CT molecular complexity index is 671. The third-order valence-electron chi connectivity index (χ3n) is 2.81. The molecule has 120 valence electrons. The lowest BCUT2D eigenvalue weighted by Crippen LogP contribution is -2.33. The normalized spacial score (nSPS) is 9.65. The molecule has 2 aromatic carbocycles. The largest absolute Gasteiger partial charge is 0.497 e. The summed E-state index contributed by atoms with van der Waals surface area (Å²) >= 11 is 4.97. The Balaban J connectivity index is 1.93. The van der Waals surface area contributed by atoms with Crippen molar-refractivity contribution in [3.05, 3.63) is 48.5 Å². The van der Waals surface area contributed by atoms with Crippen molar-refractivity contribution in [3.63, 3.8) is 0 Å². The number of alkyl carbamates (subject to hydrolysis) is 1. The number of rotatable bonds is 4. The first-order valence-corrected chi connectivity index (χ1v) is 7.09. The second kappa shape index (κ2) is 8.00. The van der Waals surface area contributed by atoms with Gasteiger partial charge in [-0.05, 0) is 60.7 Å². The molecule has 0 aliphatic rings. The monoisotopic (exact) mass is 332 g/mol. The highest BCUT2D eigenvalue weighted by atomic mass is 32.1. The smallest absolute Gasteiger partial charge is 0.413 e. The number of thiocarbonyl (C=S) groups is 1. The second-order valence-electron chi connectivity index (χ2n) is 4.37. The van der Waals surface area contributed by atoms with Crippen molar-refractivity contribution in [2.45, 2.75) is 0 Å². The summed E-state index contributed by atoms with van der Waals surface area (Å²) in [5.74, 6) is 2.14. The molecule has 0 aliphatic carbocycles. The molecule has 0 spiro atoms. The second-order valence-corrected chi connectivity index (χ2v) is 4.78. The van der Waals surface area contributed by atoms with Crippen LogP contribution in [0.1, 0.15) is 0 Å². The van der Waals surface area contributed by atoms with E-state index >= 15 is 0 Å². The molecular weight excluding hydrogens is 316 g/mol. The number of hydrogen-bond donors (Lipinski definition) is 2. The van der Waals surface area contributed by atoms with Crippen LogP contribution in [-0.2, 0) is 4.74 Å². The maximum absolute atomic E-state index is 11.0. The molecule has 0 aromatic heterocycles. The lowest BCUT2D eigenvalue weighted by molar-refractivity contribution is 0.177. The molecule has 0 heterocycles. The summed E-state index contributed by atoms with van der Waals surface area (Å²) in [6, 6.07) is 14.4. The van der Waals surface area contributed by atoms with Crippen molar-refractivity contribution < 1.29 is 19.0 Å². The summed E-state index contributed by atoms with van der Waals surface area (Å²) in [6.45, 7) is 0. The van der Waals surface area contributed by atoms with Crippen molar-refractivity contribution in [2.75, 3.05) is 19.5 Å². The fraction of sp³-hybridized carbons (Fsp3) is 0.125. The van der Waals surface area contributed by atoms with Gasteiger partial charge in [0.15, 0.2) is 5.11 Å². The van der Waals surface area contributed by atoms with Crippen molar-refractivity contribution in [1.82, 2.24) is 5.32 Å². The quantitative estimate of drug-likeness (QED) is 0.835. The van der Waals surface area contributed by atoms with E-state index in [1.807, 2.05) is 24.3 Å². The summed E-state index contributed by atoms with van der Waals surface area (Å²) < 4.78 is 15.3. The molecule has 7 heteroatoms. The minimum absolute atomic E-state index is 0.153. The van der Waals surface area contributed by atoms with E-state index in [4.69, 9.17) is 21.7 Å². The maximum Gasteiger partial charge on any atom is 0.413 e. The molecule has 0 atom stereocenters. The number of hydrogen-bond acceptors (Lipinski definition) is 5. The predicted octanol–water partition coefficient (Wildman–Crippen LogP) is 3.54. The van der Waals surface area contributed by atoms with E-state index in [9.17, 15) is 4.79 Å². The summed E-state index contributed by atoms with van der Waals surface area (Å²) in [5.41, 5.74) is 0.716. The fourth-order valence-electron chi connectivity index (χ4n) is 1.69. The number of carbonyl (C=O) groups is 1. The van der Waals surface area contributed by atoms with Crippen LogP contribution in [0.25, 0.3) is 0 Å². The number of carbonyl (C=O) groups excluding carboxylic acids is 1. The molecule has 0 saturated heterocycles. The third-order valence-corrected chi connectivity index (χ3v) is 3.01. The first-order chi connectivity index (χ1) is 11.1. The highest BCUT2D eigenvalue weighted by Crippen LogP contribution is 2.24. The van der Waals surface area contributed by atoms with E-state index in [1.54, 1.807) is 31.4 Å². The Morgan fingerprint density at radius 1 is 0.913 bits per heavy atom. The summed E-state index contributed by atoms with van der Waals surface area (Å²) in [6.07, 6.45) is -0.623. The average Bonchev–Trinajstić information content (AvgIpc) is 2.57. The van der Waals surface area contributed by atoms with Gasteiger partial charge in [-0.3, -0.25) is 5.32 Å². The number of nitrogens with one attached hydrogen (secondary N) is 2. The molecule has 0 aliphatic heterocycles. The van der Waals surface area contributed by atoms with Gasteiger partial charge in [-0.1, -0.05) is 0 Å². The van der Waals surface area contributed by atoms with E-state index in [-0.39, 0.29) is 5.11 Å². The Morgan fingerprint density at radius 3 is 1.96 bits per heavy atom. The molecule has 0 saturated carbocycles. The SMILES string of the molecule is COC(=O)NC(=S)Nc1ccc(Oc2ccc(OC)cc2)cc1. The van der Waals surface area contributed by atoms with E-state index in [1.165, 1.54) is 7.11 Å². The lowest BCUT2D eigenvalue weighted by atomic mass is 10.3. The van der Waals surface area contributed by atoms with E-state index in [0.717, 1.165) is 5.75 Å². The Kier molecular flexibility index (Phi) is 5.76. The van der Waals surface area contributed by atoms with Gasteiger partial charge in [0.05, 0.1) is 14.2 Å². The topological polar surface area (TPSA) is 68.8 Å². The van der Waals surface area contributed by atoms with Gasteiger partial charge in [-0.15, -0.1) is 0 Å². The van der Waals surface area contributed by atoms with Crippen LogP contribution in [0.5, 0.6) is 17.2 Å². The number of ether oxygens (including phenoxy) is 3. The van der Waals surface area contributed by atoms with Gasteiger partial charge >= 0.3 is 6.09 Å². The van der Waals surface area contributed by atoms with Crippen LogP contribution in [-0.4, -0.2) is 25.4 Å². The van der Waals surface area contributed by atoms with Crippen LogP contribution < -0.4 is 20.1 Å². The molecule has 2 N–H and O–H groups in total. The Hall–Kier alpha value is -2.80. The molecule has 2 rings (SSSR count). The summed E-state index contributed by atoms with van der Waals surface area (Å²) in [7, 11) is 2.88. The molecule has 1 amide bonds. The van der Waals surface area contributed by atoms with E-state index < -0.39 is 6.09 Å². The molecule has 0 unspecified atom stereocenters. The van der Waals surface area contributed by atoms with Crippen LogP contribution in [0, 0.1) is 0 Å². The third kappa shape index (κ3) is 5.15. The van der Waals surface area contributed by atoms with Gasteiger partial charge in [0.2, 0.25) is 0 Å². The van der Waals surface area contributed by atoms with Gasteiger partial charge in [0.1, 0.15) is 17.2 Å². The van der Waals surface area contributed by atoms with Gasteiger partial charge in [0.25, 0.3) is 0 Å². The van der Waals surface area contributed by atoms with Crippen LogP contribution in [0.15, 0.2) is 48.5 Å². The molecule has 23 heavy (non-hydrogen) atoms. The number of methoxy groups -OCH3 is 2. The molecule has 0 bridgehead atoms. The van der Waals surface area contributed by atoms with Crippen LogP contribution in [0.4, 0.5) is 10.5 Å². The Labute approximate surface area is 139 Å². The molecule has 2 aromatic rings. The maximum atomic E-state index is 11.0. The van der Waals surface area contributed by atoms with Crippen molar-refractivity contribution >= 4 is 29.1 Å². The van der Waals surface area contributed by atoms with Crippen molar-refractivity contribution in [1.29, 1.82) is 0 Å². The highest BCUT2D eigenvalue weighted by molar-refractivity contribution is 7.80. The van der Waals surface area contributed by atoms with E-state index in [2.05, 4.69) is 15.4 Å². The first kappa shape index (κ1) is 16.6. The average molecular weight is 332 g/mol. The Morgan fingerprint density at radius 2 is 1.43 bits per heavy atom. The fourth-order valence-corrected chi connectivity index (χ4v) is 1.89. The lowest BCUT2D eigenvalue weighted by Gasteiger charge is -2.10. The van der Waals surface area contributed by atoms with Crippen molar-refractivity contribution in [2.24, 2.45) is 0 Å². The van der Waals surface area contributed by atoms with Gasteiger partial charge in [-0.25, -0.2) is 4.79 Å². The van der Waals surface area contributed by atoms with Crippen molar-refractivity contribution in [3.8, 4) is 17.2 Å². The van der Waals surface area contributed by atoms with Gasteiger partial charge < -0.3 is 19.5 Å². The molecular formula is C16H16N2O4S. The highest BCUT2D eigenvalue weighted by Gasteiger charge is 2.04. The van der Waals surface area contributed by atoms with Crippen LogP contribution in [0.2, 0.25) is 0 Å². The molecule has 6 nitrogen and oxygen atoms in total. The zero-order valence-electron chi connectivity index (χ0n) is 12.7. The van der Waals surface area contributed by atoms with E-state index in [0.29, 0.717) is 17.2 Å². The van der Waals surface area contributed by atoms with Crippen LogP contribution in [0.3, 0.4) is 0 Å². The van der Waals surface area contributed by atoms with Gasteiger partial charge in [-0.2, -0.15) is 0 Å². The summed E-state index contributed by atoms with van der Waals surface area (Å²) in [4.78, 5) is 11.0. The minimum atomic E-state index is -0.623. The van der Waals surface area contributed by atoms with Crippen LogP contribution >= 0.6 is 12.2 Å². The number of benzene rings is 2. The first-order valence-electron chi connectivity index (χ1n) is 6.68. The predicted molar refractivity (Wildman–Crippen MR) is 91.3 cm³/mol. The minimum Gasteiger partial charge on any atom is -0.497 e. The molecule has 0 fully saturated rings. The van der Waals surface area contributed by atoms with Gasteiger partial charge in [0, 0.05) is 5.69 Å². The number of anilines is 1. The zero-order chi connectivity index (χ0) is 16.7. The summed E-state index contributed by atoms with van der Waals surface area (Å²) in [5, 5.41) is 5.37. The standard InChI is InChI=1S/C16H16N2O4S/c1-20-12-7-9-14(10-8-12)22-13-5-3-11(4-6-13)17-15(23)18-16(19)21-2/h3-10H,1-2H3,(H2,17,18,19,23).